The minimum Gasteiger partial charge on any atom is -0.381 e. The Labute approximate surface area is 118 Å². The normalized spacial score (nSPS) is 24.8. The van der Waals surface area contributed by atoms with Crippen LogP contribution in [0.2, 0.25) is 0 Å². The van der Waals surface area contributed by atoms with Crippen LogP contribution in [-0.2, 0) is 20.5 Å². The van der Waals surface area contributed by atoms with Gasteiger partial charge in [-0.1, -0.05) is 12.1 Å². The van der Waals surface area contributed by atoms with Gasteiger partial charge in [-0.3, -0.25) is 0 Å². The maximum absolute atomic E-state index is 12.8. The molecule has 0 radical (unpaired) electrons. The average molecular weight is 299 g/mol. The lowest BCUT2D eigenvalue weighted by atomic mass is 9.96. The second kappa shape index (κ2) is 5.09. The van der Waals surface area contributed by atoms with Crippen molar-refractivity contribution in [1.29, 1.82) is 0 Å². The van der Waals surface area contributed by atoms with Crippen molar-refractivity contribution in [1.82, 2.24) is 4.72 Å². The van der Waals surface area contributed by atoms with E-state index in [0.29, 0.717) is 5.56 Å². The van der Waals surface area contributed by atoms with Crippen molar-refractivity contribution in [2.75, 3.05) is 13.2 Å². The van der Waals surface area contributed by atoms with E-state index >= 15 is 0 Å². The molecular weight excluding hydrogens is 281 g/mol. The standard InChI is InChI=1S/C14H18FNO3S/c15-12-3-1-11(2-4-12)10-20(17,18)16-13-9-14(13)5-7-19-8-6-14/h1-4,13,16H,5-10H2. The van der Waals surface area contributed by atoms with Gasteiger partial charge in [-0.25, -0.2) is 17.5 Å². The summed E-state index contributed by atoms with van der Waals surface area (Å²) in [5.41, 5.74) is 0.717. The molecule has 1 saturated carbocycles. The van der Waals surface area contributed by atoms with E-state index in [1.807, 2.05) is 0 Å². The second-order valence-electron chi connectivity index (χ2n) is 5.73. The number of hydrogen-bond acceptors (Lipinski definition) is 3. The van der Waals surface area contributed by atoms with E-state index in [4.69, 9.17) is 4.74 Å². The zero-order valence-electron chi connectivity index (χ0n) is 11.1. The Hall–Kier alpha value is -0.980. The van der Waals surface area contributed by atoms with Crippen LogP contribution in [0.1, 0.15) is 24.8 Å². The van der Waals surface area contributed by atoms with E-state index in [2.05, 4.69) is 4.72 Å². The van der Waals surface area contributed by atoms with Gasteiger partial charge in [0.05, 0.1) is 5.75 Å². The van der Waals surface area contributed by atoms with Crippen LogP contribution in [0.15, 0.2) is 24.3 Å². The number of nitrogens with one attached hydrogen (secondary N) is 1. The maximum Gasteiger partial charge on any atom is 0.216 e. The van der Waals surface area contributed by atoms with Crippen molar-refractivity contribution < 1.29 is 17.5 Å². The number of ether oxygens (including phenoxy) is 1. The van der Waals surface area contributed by atoms with Crippen LogP contribution in [0.5, 0.6) is 0 Å². The zero-order valence-corrected chi connectivity index (χ0v) is 12.0. The molecule has 0 amide bonds. The highest BCUT2D eigenvalue weighted by Gasteiger charge is 2.55. The van der Waals surface area contributed by atoms with Crippen LogP contribution in [0.3, 0.4) is 0 Å². The Morgan fingerprint density at radius 1 is 1.25 bits per heavy atom. The molecule has 1 aliphatic carbocycles. The van der Waals surface area contributed by atoms with Crippen LogP contribution in [0, 0.1) is 11.2 Å². The van der Waals surface area contributed by atoms with Crippen molar-refractivity contribution in [3.63, 3.8) is 0 Å². The van der Waals surface area contributed by atoms with Crippen molar-refractivity contribution in [2.45, 2.75) is 31.1 Å². The van der Waals surface area contributed by atoms with Gasteiger partial charge in [0.15, 0.2) is 0 Å². The predicted octanol–water partition coefficient (Wildman–Crippen LogP) is 1.81. The molecule has 1 aromatic rings. The van der Waals surface area contributed by atoms with E-state index in [9.17, 15) is 12.8 Å². The van der Waals surface area contributed by atoms with Crippen molar-refractivity contribution >= 4 is 10.0 Å². The second-order valence-corrected chi connectivity index (χ2v) is 7.49. The molecular formula is C14H18FNO3S. The van der Waals surface area contributed by atoms with Crippen LogP contribution < -0.4 is 4.72 Å². The third kappa shape index (κ3) is 3.02. The van der Waals surface area contributed by atoms with E-state index in [1.165, 1.54) is 24.3 Å². The van der Waals surface area contributed by atoms with Crippen LogP contribution >= 0.6 is 0 Å². The smallest absolute Gasteiger partial charge is 0.216 e. The molecule has 0 bridgehead atoms. The predicted molar refractivity (Wildman–Crippen MR) is 73.1 cm³/mol. The number of rotatable bonds is 4. The number of benzene rings is 1. The van der Waals surface area contributed by atoms with Gasteiger partial charge in [0, 0.05) is 19.3 Å². The molecule has 1 N–H and O–H groups in total. The fourth-order valence-electron chi connectivity index (χ4n) is 2.90. The number of sulfonamides is 1. The van der Waals surface area contributed by atoms with Gasteiger partial charge in [0.2, 0.25) is 10.0 Å². The summed E-state index contributed by atoms with van der Waals surface area (Å²) in [6, 6.07) is 5.61. The summed E-state index contributed by atoms with van der Waals surface area (Å²) >= 11 is 0. The molecule has 1 unspecified atom stereocenters. The highest BCUT2D eigenvalue weighted by atomic mass is 32.2. The fraction of sp³-hybridized carbons (Fsp3) is 0.571. The van der Waals surface area contributed by atoms with E-state index < -0.39 is 10.0 Å². The number of hydrogen-bond donors (Lipinski definition) is 1. The van der Waals surface area contributed by atoms with Gasteiger partial charge >= 0.3 is 0 Å². The summed E-state index contributed by atoms with van der Waals surface area (Å²) in [6.07, 6.45) is 2.76. The number of halogens is 1. The van der Waals surface area contributed by atoms with Gasteiger partial charge in [0.25, 0.3) is 0 Å². The molecule has 1 aromatic carbocycles. The van der Waals surface area contributed by atoms with Crippen molar-refractivity contribution in [3.05, 3.63) is 35.6 Å². The Morgan fingerprint density at radius 3 is 2.55 bits per heavy atom. The summed E-state index contributed by atoms with van der Waals surface area (Å²) in [5.74, 6) is -0.460. The van der Waals surface area contributed by atoms with Gasteiger partial charge in [-0.05, 0) is 42.4 Å². The van der Waals surface area contributed by atoms with E-state index in [1.54, 1.807) is 0 Å². The maximum atomic E-state index is 12.8. The lowest BCUT2D eigenvalue weighted by Crippen LogP contribution is -2.33. The van der Waals surface area contributed by atoms with Gasteiger partial charge in [-0.2, -0.15) is 0 Å². The first-order chi connectivity index (χ1) is 9.49. The zero-order chi connectivity index (χ0) is 14.2. The molecule has 20 heavy (non-hydrogen) atoms. The molecule has 1 spiro atoms. The Bertz CT molecular complexity index is 579. The average Bonchev–Trinajstić information content (AvgIpc) is 3.03. The Morgan fingerprint density at radius 2 is 1.90 bits per heavy atom. The molecule has 1 aliphatic heterocycles. The molecule has 1 saturated heterocycles. The van der Waals surface area contributed by atoms with E-state index in [0.717, 1.165) is 32.5 Å². The molecule has 6 heteroatoms. The summed E-state index contributed by atoms with van der Waals surface area (Å²) in [7, 11) is -3.37. The molecule has 2 aliphatic rings. The van der Waals surface area contributed by atoms with Crippen LogP contribution in [-0.4, -0.2) is 27.7 Å². The van der Waals surface area contributed by atoms with E-state index in [-0.39, 0.29) is 23.0 Å². The monoisotopic (exact) mass is 299 g/mol. The van der Waals surface area contributed by atoms with Crippen molar-refractivity contribution in [3.8, 4) is 0 Å². The van der Waals surface area contributed by atoms with Gasteiger partial charge in [0.1, 0.15) is 5.82 Å². The molecule has 110 valence electrons. The van der Waals surface area contributed by atoms with Crippen LogP contribution in [0.25, 0.3) is 0 Å². The first-order valence-corrected chi connectivity index (χ1v) is 8.47. The minimum atomic E-state index is -3.37. The van der Waals surface area contributed by atoms with Gasteiger partial charge in [-0.15, -0.1) is 0 Å². The molecule has 4 nitrogen and oxygen atoms in total. The lowest BCUT2D eigenvalue weighted by Gasteiger charge is -2.22. The highest BCUT2D eigenvalue weighted by molar-refractivity contribution is 7.88. The Balaban J connectivity index is 1.61. The van der Waals surface area contributed by atoms with Crippen molar-refractivity contribution in [2.24, 2.45) is 5.41 Å². The largest absolute Gasteiger partial charge is 0.381 e. The quantitative estimate of drug-likeness (QED) is 0.922. The topological polar surface area (TPSA) is 55.4 Å². The fourth-order valence-corrected chi connectivity index (χ4v) is 4.38. The minimum absolute atomic E-state index is 0.0387. The van der Waals surface area contributed by atoms with Crippen LogP contribution in [0.4, 0.5) is 4.39 Å². The molecule has 2 fully saturated rings. The summed E-state index contributed by atoms with van der Waals surface area (Å²) in [4.78, 5) is 0. The molecule has 1 atom stereocenters. The SMILES string of the molecule is O=S(=O)(Cc1ccc(F)cc1)NC1CC12CCOCC2. The summed E-state index contributed by atoms with van der Waals surface area (Å²) in [5, 5.41) is 0. The summed E-state index contributed by atoms with van der Waals surface area (Å²) < 4.78 is 45.1. The first-order valence-electron chi connectivity index (χ1n) is 6.81. The Kier molecular flexibility index (Phi) is 3.56. The summed E-state index contributed by atoms with van der Waals surface area (Å²) in [6.45, 7) is 1.44. The third-order valence-corrected chi connectivity index (χ3v) is 5.63. The molecule has 0 aromatic heterocycles. The third-order valence-electron chi connectivity index (χ3n) is 4.27. The molecule has 1 heterocycles. The highest BCUT2D eigenvalue weighted by Crippen LogP contribution is 2.53. The van der Waals surface area contributed by atoms with Gasteiger partial charge < -0.3 is 4.74 Å². The lowest BCUT2D eigenvalue weighted by molar-refractivity contribution is 0.0553. The molecule has 3 rings (SSSR count). The first kappa shape index (κ1) is 14.0.